The van der Waals surface area contributed by atoms with Crippen molar-refractivity contribution in [3.8, 4) is 5.75 Å². The van der Waals surface area contributed by atoms with Gasteiger partial charge in [-0.2, -0.15) is 13.2 Å². The number of carbonyl (C=O) groups is 1. The Labute approximate surface area is 225 Å². The Hall–Kier alpha value is -4.27. The quantitative estimate of drug-likeness (QED) is 0.337. The van der Waals surface area contributed by atoms with E-state index in [4.69, 9.17) is 9.72 Å². The second-order valence-electron chi connectivity index (χ2n) is 9.42. The highest BCUT2D eigenvalue weighted by Crippen LogP contribution is 2.32. The lowest BCUT2D eigenvalue weighted by atomic mass is 10.1. The third-order valence-corrected chi connectivity index (χ3v) is 6.92. The van der Waals surface area contributed by atoms with Crippen LogP contribution in [0.5, 0.6) is 5.75 Å². The third-order valence-electron chi connectivity index (χ3n) is 6.92. The molecule has 0 aliphatic carbocycles. The summed E-state index contributed by atoms with van der Waals surface area (Å²) < 4.78 is 44.8. The van der Waals surface area contributed by atoms with Crippen LogP contribution >= 0.6 is 0 Å². The molecule has 0 radical (unpaired) electrons. The summed E-state index contributed by atoms with van der Waals surface area (Å²) in [6, 6.07) is 22.5. The van der Waals surface area contributed by atoms with Gasteiger partial charge in [0.05, 0.1) is 23.8 Å². The second kappa shape index (κ2) is 11.2. The van der Waals surface area contributed by atoms with Crippen LogP contribution in [0.3, 0.4) is 0 Å². The maximum Gasteiger partial charge on any atom is 0.416 e. The van der Waals surface area contributed by atoms with Crippen molar-refractivity contribution in [2.45, 2.75) is 12.6 Å². The first-order valence-electron chi connectivity index (χ1n) is 12.8. The summed E-state index contributed by atoms with van der Waals surface area (Å²) in [7, 11) is 1.62. The van der Waals surface area contributed by atoms with E-state index in [1.807, 2.05) is 59.5 Å². The van der Waals surface area contributed by atoms with Gasteiger partial charge in [0.15, 0.2) is 0 Å². The topological polar surface area (TPSA) is 57.7 Å². The number of fused-ring (bicyclic) bond motifs is 1. The number of aromatic nitrogens is 1. The fourth-order valence-electron chi connectivity index (χ4n) is 4.83. The SMILES string of the molecule is COc1cccc(CCNC(=O)c2cc(N3CCN(c4cccc(C(F)(F)F)c4)CC3)nc3ccccc23)c1. The van der Waals surface area contributed by atoms with E-state index in [0.717, 1.165) is 22.8 Å². The molecule has 9 heteroatoms. The standard InChI is InChI=1S/C30H29F3N4O2/c1-39-24-9-4-6-21(18-24)12-13-34-29(38)26-20-28(35-27-11-3-2-10-25(26)27)37-16-14-36(15-17-37)23-8-5-7-22(19-23)30(31,32)33/h2-11,18-20H,12-17H2,1H3,(H,34,38). The normalized spacial score (nSPS) is 13.9. The fraction of sp³-hybridized carbons (Fsp3) is 0.267. The molecule has 1 aromatic heterocycles. The van der Waals surface area contributed by atoms with Gasteiger partial charge in [0.1, 0.15) is 11.6 Å². The number of halogens is 3. The van der Waals surface area contributed by atoms with Crippen molar-refractivity contribution in [3.05, 3.63) is 95.6 Å². The lowest BCUT2D eigenvalue weighted by molar-refractivity contribution is -0.137. The number of amides is 1. The first-order valence-corrected chi connectivity index (χ1v) is 12.8. The van der Waals surface area contributed by atoms with Crippen molar-refractivity contribution in [2.24, 2.45) is 0 Å². The molecule has 202 valence electrons. The maximum atomic E-state index is 13.3. The van der Waals surface area contributed by atoms with E-state index in [1.165, 1.54) is 12.1 Å². The average Bonchev–Trinajstić information content (AvgIpc) is 2.96. The molecule has 6 nitrogen and oxygen atoms in total. The Kier molecular flexibility index (Phi) is 7.58. The molecular formula is C30H29F3N4O2. The summed E-state index contributed by atoms with van der Waals surface area (Å²) in [5.74, 6) is 1.27. The van der Waals surface area contributed by atoms with Gasteiger partial charge in [-0.25, -0.2) is 4.98 Å². The maximum absolute atomic E-state index is 13.3. The van der Waals surface area contributed by atoms with Crippen molar-refractivity contribution >= 4 is 28.3 Å². The number of nitrogens with zero attached hydrogens (tertiary/aromatic N) is 3. The summed E-state index contributed by atoms with van der Waals surface area (Å²) in [5.41, 5.74) is 2.22. The highest BCUT2D eigenvalue weighted by atomic mass is 19.4. The number of hydrogen-bond acceptors (Lipinski definition) is 5. The van der Waals surface area contributed by atoms with Gasteiger partial charge < -0.3 is 19.9 Å². The van der Waals surface area contributed by atoms with E-state index < -0.39 is 11.7 Å². The van der Waals surface area contributed by atoms with E-state index in [2.05, 4.69) is 10.2 Å². The van der Waals surface area contributed by atoms with Crippen LogP contribution in [-0.2, 0) is 12.6 Å². The van der Waals surface area contributed by atoms with Gasteiger partial charge >= 0.3 is 6.18 Å². The van der Waals surface area contributed by atoms with Crippen LogP contribution < -0.4 is 19.9 Å². The largest absolute Gasteiger partial charge is 0.497 e. The van der Waals surface area contributed by atoms with Crippen molar-refractivity contribution in [2.75, 3.05) is 49.6 Å². The number of alkyl halides is 3. The zero-order chi connectivity index (χ0) is 27.4. The van der Waals surface area contributed by atoms with Crippen LogP contribution in [0.4, 0.5) is 24.7 Å². The summed E-state index contributed by atoms with van der Waals surface area (Å²) in [6.45, 7) is 2.68. The van der Waals surface area contributed by atoms with Gasteiger partial charge in [0.2, 0.25) is 0 Å². The predicted octanol–water partition coefficient (Wildman–Crippen LogP) is 5.56. The summed E-state index contributed by atoms with van der Waals surface area (Å²) in [4.78, 5) is 22.1. The molecule has 1 aliphatic heterocycles. The number of pyridine rings is 1. The third kappa shape index (κ3) is 6.08. The molecule has 1 amide bonds. The molecule has 5 rings (SSSR count). The Balaban J connectivity index is 1.29. The number of para-hydroxylation sites is 1. The van der Waals surface area contributed by atoms with E-state index in [9.17, 15) is 18.0 Å². The molecule has 1 aliphatic rings. The highest BCUT2D eigenvalue weighted by Gasteiger charge is 2.31. The fourth-order valence-corrected chi connectivity index (χ4v) is 4.83. The van der Waals surface area contributed by atoms with Crippen LogP contribution in [0.1, 0.15) is 21.5 Å². The van der Waals surface area contributed by atoms with Crippen molar-refractivity contribution < 1.29 is 22.7 Å². The van der Waals surface area contributed by atoms with Gasteiger partial charge in [-0.05, 0) is 54.4 Å². The number of rotatable bonds is 7. The molecule has 1 saturated heterocycles. The number of hydrogen-bond donors (Lipinski definition) is 1. The van der Waals surface area contributed by atoms with Crippen LogP contribution in [0, 0.1) is 0 Å². The van der Waals surface area contributed by atoms with E-state index in [1.54, 1.807) is 13.2 Å². The zero-order valence-corrected chi connectivity index (χ0v) is 21.5. The average molecular weight is 535 g/mol. The van der Waals surface area contributed by atoms with Crippen LogP contribution in [0.2, 0.25) is 0 Å². The number of ether oxygens (including phenoxy) is 1. The summed E-state index contributed by atoms with van der Waals surface area (Å²) in [6.07, 6.45) is -3.71. The zero-order valence-electron chi connectivity index (χ0n) is 21.5. The molecule has 4 aromatic rings. The first-order chi connectivity index (χ1) is 18.8. The van der Waals surface area contributed by atoms with Crippen molar-refractivity contribution in [1.29, 1.82) is 0 Å². The number of benzene rings is 3. The van der Waals surface area contributed by atoms with E-state index in [0.29, 0.717) is 61.7 Å². The monoisotopic (exact) mass is 534 g/mol. The lowest BCUT2D eigenvalue weighted by Gasteiger charge is -2.37. The van der Waals surface area contributed by atoms with Gasteiger partial charge in [-0.3, -0.25) is 4.79 Å². The van der Waals surface area contributed by atoms with E-state index in [-0.39, 0.29) is 5.91 Å². The molecule has 1 N–H and O–H groups in total. The van der Waals surface area contributed by atoms with Gasteiger partial charge in [-0.15, -0.1) is 0 Å². The smallest absolute Gasteiger partial charge is 0.416 e. The van der Waals surface area contributed by atoms with Gasteiger partial charge in [-0.1, -0.05) is 36.4 Å². The Morgan fingerprint density at radius 3 is 2.44 bits per heavy atom. The minimum Gasteiger partial charge on any atom is -0.497 e. The molecule has 0 unspecified atom stereocenters. The predicted molar refractivity (Wildman–Crippen MR) is 147 cm³/mol. The van der Waals surface area contributed by atoms with Gasteiger partial charge in [0, 0.05) is 43.8 Å². The first kappa shape index (κ1) is 26.3. The molecule has 0 bridgehead atoms. The molecule has 1 fully saturated rings. The number of carbonyl (C=O) groups excluding carboxylic acids is 1. The van der Waals surface area contributed by atoms with Crippen molar-refractivity contribution in [1.82, 2.24) is 10.3 Å². The molecule has 0 atom stereocenters. The minimum absolute atomic E-state index is 0.180. The summed E-state index contributed by atoms with van der Waals surface area (Å²) >= 11 is 0. The highest BCUT2D eigenvalue weighted by molar-refractivity contribution is 6.07. The molecule has 0 saturated carbocycles. The van der Waals surface area contributed by atoms with Crippen LogP contribution in [0.15, 0.2) is 78.9 Å². The number of anilines is 2. The number of nitrogens with one attached hydrogen (secondary N) is 1. The molecular weight excluding hydrogens is 505 g/mol. The molecule has 3 aromatic carbocycles. The Bertz CT molecular complexity index is 1470. The Morgan fingerprint density at radius 1 is 0.923 bits per heavy atom. The minimum atomic E-state index is -4.38. The number of methoxy groups -OCH3 is 1. The summed E-state index contributed by atoms with van der Waals surface area (Å²) in [5, 5.41) is 3.79. The van der Waals surface area contributed by atoms with Gasteiger partial charge in [0.25, 0.3) is 5.91 Å². The van der Waals surface area contributed by atoms with Crippen LogP contribution in [-0.4, -0.2) is 50.7 Å². The molecule has 2 heterocycles. The second-order valence-corrected chi connectivity index (χ2v) is 9.42. The van der Waals surface area contributed by atoms with Crippen LogP contribution in [0.25, 0.3) is 10.9 Å². The molecule has 0 spiro atoms. The van der Waals surface area contributed by atoms with E-state index >= 15 is 0 Å². The number of piperazine rings is 1. The molecule has 39 heavy (non-hydrogen) atoms. The Morgan fingerprint density at radius 2 is 1.67 bits per heavy atom. The lowest BCUT2D eigenvalue weighted by Crippen LogP contribution is -2.47. The van der Waals surface area contributed by atoms with Crippen molar-refractivity contribution in [3.63, 3.8) is 0 Å².